The van der Waals surface area contributed by atoms with Crippen LogP contribution >= 0.6 is 12.6 Å². The molecule has 1 heteroatoms. The summed E-state index contributed by atoms with van der Waals surface area (Å²) in [6, 6.07) is 0. The lowest BCUT2D eigenvalue weighted by atomic mass is 9.97. The lowest BCUT2D eigenvalue weighted by Crippen LogP contribution is -2.06. The van der Waals surface area contributed by atoms with Gasteiger partial charge in [0.1, 0.15) is 0 Å². The van der Waals surface area contributed by atoms with Crippen molar-refractivity contribution in [1.82, 2.24) is 0 Å². The van der Waals surface area contributed by atoms with Crippen LogP contribution < -0.4 is 0 Å². The van der Waals surface area contributed by atoms with Crippen LogP contribution in [0.4, 0.5) is 0 Å². The van der Waals surface area contributed by atoms with Crippen LogP contribution in [0, 0.1) is 11.8 Å². The molecule has 0 bridgehead atoms. The van der Waals surface area contributed by atoms with Crippen molar-refractivity contribution in [3.8, 4) is 0 Å². The second-order valence-corrected chi connectivity index (χ2v) is 7.14. The van der Waals surface area contributed by atoms with E-state index in [1.807, 2.05) is 0 Å². The largest absolute Gasteiger partial charge is 0.179 e. The van der Waals surface area contributed by atoms with E-state index in [1.165, 1.54) is 77.0 Å². The highest BCUT2D eigenvalue weighted by Crippen LogP contribution is 2.15. The zero-order chi connectivity index (χ0) is 15.8. The summed E-state index contributed by atoms with van der Waals surface area (Å²) in [7, 11) is 0. The van der Waals surface area contributed by atoms with Gasteiger partial charge in [-0.25, -0.2) is 0 Å². The Morgan fingerprint density at radius 1 is 0.762 bits per heavy atom. The van der Waals surface area contributed by atoms with Gasteiger partial charge < -0.3 is 0 Å². The average Bonchev–Trinajstić information content (AvgIpc) is 2.50. The molecule has 0 aromatic rings. The van der Waals surface area contributed by atoms with Gasteiger partial charge in [-0.2, -0.15) is 12.6 Å². The minimum absolute atomic E-state index is 0.676. The van der Waals surface area contributed by atoms with E-state index >= 15 is 0 Å². The SMILES string of the molecule is CCCCCCCCCCCCC/C=C/C(C)C(C)CS. The number of hydrogen-bond acceptors (Lipinski definition) is 1. The lowest BCUT2D eigenvalue weighted by molar-refractivity contribution is 0.511. The van der Waals surface area contributed by atoms with Crippen molar-refractivity contribution in [2.24, 2.45) is 11.8 Å². The molecule has 0 heterocycles. The minimum Gasteiger partial charge on any atom is -0.179 e. The number of rotatable bonds is 15. The molecule has 0 amide bonds. The Kier molecular flexibility index (Phi) is 16.5. The molecule has 0 N–H and O–H groups in total. The lowest BCUT2D eigenvalue weighted by Gasteiger charge is -2.12. The molecular formula is C20H40S. The molecule has 0 aliphatic carbocycles. The molecule has 2 atom stereocenters. The van der Waals surface area contributed by atoms with Gasteiger partial charge in [-0.3, -0.25) is 0 Å². The van der Waals surface area contributed by atoms with Crippen LogP contribution in [0.3, 0.4) is 0 Å². The van der Waals surface area contributed by atoms with Crippen molar-refractivity contribution in [3.05, 3.63) is 12.2 Å². The van der Waals surface area contributed by atoms with Gasteiger partial charge in [-0.15, -0.1) is 0 Å². The van der Waals surface area contributed by atoms with Crippen LogP contribution in [0.2, 0.25) is 0 Å². The zero-order valence-corrected chi connectivity index (χ0v) is 15.8. The molecule has 0 fully saturated rings. The summed E-state index contributed by atoms with van der Waals surface area (Å²) in [5.41, 5.74) is 0. The first-order valence-corrected chi connectivity index (χ1v) is 10.1. The average molecular weight is 313 g/mol. The Bertz CT molecular complexity index is 222. The Labute approximate surface area is 140 Å². The maximum atomic E-state index is 4.36. The van der Waals surface area contributed by atoms with E-state index in [0.29, 0.717) is 11.8 Å². The van der Waals surface area contributed by atoms with Crippen LogP contribution in [-0.2, 0) is 0 Å². The molecule has 2 unspecified atom stereocenters. The van der Waals surface area contributed by atoms with Crippen LogP contribution in [0.15, 0.2) is 12.2 Å². The second kappa shape index (κ2) is 16.5. The van der Waals surface area contributed by atoms with E-state index < -0.39 is 0 Å². The summed E-state index contributed by atoms with van der Waals surface area (Å²) in [5, 5.41) is 0. The van der Waals surface area contributed by atoms with Gasteiger partial charge in [0, 0.05) is 0 Å². The van der Waals surface area contributed by atoms with Crippen molar-refractivity contribution in [1.29, 1.82) is 0 Å². The molecule has 0 saturated carbocycles. The molecule has 21 heavy (non-hydrogen) atoms. The molecule has 0 radical (unpaired) electrons. The van der Waals surface area contributed by atoms with E-state index in [0.717, 1.165) is 5.75 Å². The van der Waals surface area contributed by atoms with E-state index in [4.69, 9.17) is 0 Å². The predicted octanol–water partition coefficient (Wildman–Crippen LogP) is 7.45. The highest BCUT2D eigenvalue weighted by Gasteiger charge is 2.05. The van der Waals surface area contributed by atoms with Gasteiger partial charge in [-0.05, 0) is 30.4 Å². The Morgan fingerprint density at radius 2 is 1.24 bits per heavy atom. The van der Waals surface area contributed by atoms with Gasteiger partial charge in [0.2, 0.25) is 0 Å². The monoisotopic (exact) mass is 312 g/mol. The number of thiol groups is 1. The molecule has 0 aliphatic rings. The quantitative estimate of drug-likeness (QED) is 0.181. The maximum absolute atomic E-state index is 4.36. The van der Waals surface area contributed by atoms with Crippen molar-refractivity contribution < 1.29 is 0 Å². The third-order valence-electron chi connectivity index (χ3n) is 4.60. The number of allylic oxidation sites excluding steroid dienone is 2. The minimum atomic E-state index is 0.676. The standard InChI is InChI=1S/C20H40S/c1-4-5-6-7-8-9-10-11-12-13-14-15-16-17-19(2)20(3)18-21/h16-17,19-21H,4-15,18H2,1-3H3/b17-16+. The van der Waals surface area contributed by atoms with E-state index in [1.54, 1.807) is 0 Å². The first kappa shape index (κ1) is 21.1. The Morgan fingerprint density at radius 3 is 1.71 bits per heavy atom. The topological polar surface area (TPSA) is 0 Å². The van der Waals surface area contributed by atoms with E-state index in [2.05, 4.69) is 45.6 Å². The molecular weight excluding hydrogens is 272 g/mol. The highest BCUT2D eigenvalue weighted by molar-refractivity contribution is 7.80. The highest BCUT2D eigenvalue weighted by atomic mass is 32.1. The van der Waals surface area contributed by atoms with Crippen LogP contribution in [0.5, 0.6) is 0 Å². The maximum Gasteiger partial charge on any atom is -0.00666 e. The first-order chi connectivity index (χ1) is 10.2. The Balaban J connectivity index is 3.20. The molecule has 0 saturated heterocycles. The fourth-order valence-corrected chi connectivity index (χ4v) is 2.93. The Hall–Kier alpha value is 0.0900. The van der Waals surface area contributed by atoms with Crippen molar-refractivity contribution in [3.63, 3.8) is 0 Å². The van der Waals surface area contributed by atoms with Gasteiger partial charge in [-0.1, -0.05) is 97.1 Å². The summed E-state index contributed by atoms with van der Waals surface area (Å²) in [4.78, 5) is 0. The predicted molar refractivity (Wildman–Crippen MR) is 102 cm³/mol. The van der Waals surface area contributed by atoms with Crippen molar-refractivity contribution in [2.75, 3.05) is 5.75 Å². The molecule has 0 aromatic carbocycles. The third-order valence-corrected chi connectivity index (χ3v) is 5.18. The first-order valence-electron chi connectivity index (χ1n) is 9.49. The zero-order valence-electron chi connectivity index (χ0n) is 14.9. The summed E-state index contributed by atoms with van der Waals surface area (Å²) in [6.45, 7) is 6.87. The molecule has 0 aromatic heterocycles. The van der Waals surface area contributed by atoms with Crippen LogP contribution in [-0.4, -0.2) is 5.75 Å². The molecule has 0 aliphatic heterocycles. The van der Waals surface area contributed by atoms with E-state index in [9.17, 15) is 0 Å². The summed E-state index contributed by atoms with van der Waals surface area (Å²) in [5.74, 6) is 2.36. The number of unbranched alkanes of at least 4 members (excludes halogenated alkanes) is 11. The van der Waals surface area contributed by atoms with Crippen LogP contribution in [0.1, 0.15) is 97.8 Å². The third kappa shape index (κ3) is 14.8. The summed E-state index contributed by atoms with van der Waals surface area (Å²) < 4.78 is 0. The van der Waals surface area contributed by atoms with Gasteiger partial charge in [0.15, 0.2) is 0 Å². The van der Waals surface area contributed by atoms with Crippen molar-refractivity contribution in [2.45, 2.75) is 97.8 Å². The molecule has 0 nitrogen and oxygen atoms in total. The van der Waals surface area contributed by atoms with Gasteiger partial charge in [0.25, 0.3) is 0 Å². The van der Waals surface area contributed by atoms with E-state index in [-0.39, 0.29) is 0 Å². The van der Waals surface area contributed by atoms with Crippen LogP contribution in [0.25, 0.3) is 0 Å². The fraction of sp³-hybridized carbons (Fsp3) is 0.900. The number of hydrogen-bond donors (Lipinski definition) is 1. The molecule has 126 valence electrons. The normalized spacial score (nSPS) is 14.7. The van der Waals surface area contributed by atoms with Gasteiger partial charge >= 0.3 is 0 Å². The second-order valence-electron chi connectivity index (χ2n) is 6.77. The fourth-order valence-electron chi connectivity index (χ4n) is 2.59. The molecule has 0 spiro atoms. The van der Waals surface area contributed by atoms with Gasteiger partial charge in [0.05, 0.1) is 0 Å². The smallest absolute Gasteiger partial charge is 0.00666 e. The summed E-state index contributed by atoms with van der Waals surface area (Å²) in [6.07, 6.45) is 21.8. The van der Waals surface area contributed by atoms with Crippen molar-refractivity contribution >= 4 is 12.6 Å². The molecule has 0 rings (SSSR count). The summed E-state index contributed by atoms with van der Waals surface area (Å²) >= 11 is 4.36.